The molecule has 2 atom stereocenters. The molecule has 1 heterocycles. The minimum Gasteiger partial charge on any atom is -0.366 e. The summed E-state index contributed by atoms with van der Waals surface area (Å²) in [6.45, 7) is 8.15. The van der Waals surface area contributed by atoms with Crippen molar-refractivity contribution in [1.82, 2.24) is 5.32 Å². The topological polar surface area (TPSA) is 15.3 Å². The van der Waals surface area contributed by atoms with Crippen LogP contribution in [0.2, 0.25) is 0 Å². The third kappa shape index (κ3) is 2.66. The van der Waals surface area contributed by atoms with Crippen molar-refractivity contribution in [2.75, 3.05) is 18.0 Å². The summed E-state index contributed by atoms with van der Waals surface area (Å²) in [6.07, 6.45) is 2.19. The highest BCUT2D eigenvalue weighted by atomic mass is 19.1. The standard InChI is InChI=1S/C15H23FN2/c1-4-12-10-18(13(5-2)9-17-12)14-7-6-11(3)15(16)8-14/h6-8,12-13,17H,4-5,9-10H2,1-3H3. The second-order valence-corrected chi connectivity index (χ2v) is 5.16. The van der Waals surface area contributed by atoms with Crippen LogP contribution in [0.15, 0.2) is 18.2 Å². The van der Waals surface area contributed by atoms with Gasteiger partial charge in [-0.05, 0) is 37.5 Å². The number of nitrogens with zero attached hydrogens (tertiary/aromatic N) is 1. The molecule has 0 aliphatic carbocycles. The molecule has 0 aromatic heterocycles. The molecule has 0 radical (unpaired) electrons. The molecule has 0 spiro atoms. The van der Waals surface area contributed by atoms with Crippen LogP contribution >= 0.6 is 0 Å². The third-order valence-corrected chi connectivity index (χ3v) is 3.95. The smallest absolute Gasteiger partial charge is 0.128 e. The zero-order valence-electron chi connectivity index (χ0n) is 11.5. The highest BCUT2D eigenvalue weighted by Crippen LogP contribution is 2.24. The highest BCUT2D eigenvalue weighted by Gasteiger charge is 2.26. The minimum atomic E-state index is -0.103. The van der Waals surface area contributed by atoms with Crippen LogP contribution in [0, 0.1) is 12.7 Å². The van der Waals surface area contributed by atoms with E-state index in [1.54, 1.807) is 6.07 Å². The summed E-state index contributed by atoms with van der Waals surface area (Å²) in [5.74, 6) is -0.103. The number of nitrogens with one attached hydrogen (secondary N) is 1. The van der Waals surface area contributed by atoms with E-state index in [9.17, 15) is 4.39 Å². The largest absolute Gasteiger partial charge is 0.366 e. The summed E-state index contributed by atoms with van der Waals surface area (Å²) in [5, 5.41) is 3.56. The average Bonchev–Trinajstić information content (AvgIpc) is 2.41. The molecule has 1 aromatic carbocycles. The maximum Gasteiger partial charge on any atom is 0.128 e. The van der Waals surface area contributed by atoms with Crippen molar-refractivity contribution in [3.8, 4) is 0 Å². The Morgan fingerprint density at radius 3 is 2.72 bits per heavy atom. The number of aryl methyl sites for hydroxylation is 1. The van der Waals surface area contributed by atoms with Crippen LogP contribution in [0.5, 0.6) is 0 Å². The van der Waals surface area contributed by atoms with E-state index in [-0.39, 0.29) is 5.82 Å². The van der Waals surface area contributed by atoms with Gasteiger partial charge in [0.05, 0.1) is 0 Å². The minimum absolute atomic E-state index is 0.103. The van der Waals surface area contributed by atoms with Crippen LogP contribution in [-0.2, 0) is 0 Å². The van der Waals surface area contributed by atoms with Crippen molar-refractivity contribution in [3.05, 3.63) is 29.6 Å². The van der Waals surface area contributed by atoms with E-state index in [0.29, 0.717) is 17.6 Å². The molecule has 2 unspecified atom stereocenters. The van der Waals surface area contributed by atoms with Gasteiger partial charge in [0.1, 0.15) is 5.82 Å². The first-order valence-electron chi connectivity index (χ1n) is 6.91. The maximum absolute atomic E-state index is 13.7. The Labute approximate surface area is 109 Å². The van der Waals surface area contributed by atoms with Gasteiger partial charge in [-0.3, -0.25) is 0 Å². The summed E-state index contributed by atoms with van der Waals surface area (Å²) in [5.41, 5.74) is 1.74. The lowest BCUT2D eigenvalue weighted by Gasteiger charge is -2.41. The molecule has 0 bridgehead atoms. The summed E-state index contributed by atoms with van der Waals surface area (Å²) < 4.78 is 13.7. The van der Waals surface area contributed by atoms with Gasteiger partial charge in [-0.1, -0.05) is 19.9 Å². The molecule has 0 saturated carbocycles. The fourth-order valence-electron chi connectivity index (χ4n) is 2.58. The lowest BCUT2D eigenvalue weighted by molar-refractivity contribution is 0.378. The van der Waals surface area contributed by atoms with E-state index in [2.05, 4.69) is 24.1 Å². The molecule has 1 aliphatic heterocycles. The van der Waals surface area contributed by atoms with Crippen molar-refractivity contribution in [2.24, 2.45) is 0 Å². The Hall–Kier alpha value is -1.09. The van der Waals surface area contributed by atoms with E-state index in [1.807, 2.05) is 19.1 Å². The van der Waals surface area contributed by atoms with Gasteiger partial charge in [0.15, 0.2) is 0 Å². The van der Waals surface area contributed by atoms with Gasteiger partial charge >= 0.3 is 0 Å². The Morgan fingerprint density at radius 2 is 2.11 bits per heavy atom. The van der Waals surface area contributed by atoms with Crippen LogP contribution in [0.4, 0.5) is 10.1 Å². The predicted molar refractivity (Wildman–Crippen MR) is 74.6 cm³/mol. The molecule has 0 amide bonds. The summed E-state index contributed by atoms with van der Waals surface area (Å²) in [4.78, 5) is 2.35. The van der Waals surface area contributed by atoms with Gasteiger partial charge in [0, 0.05) is 30.9 Å². The van der Waals surface area contributed by atoms with E-state index in [1.165, 1.54) is 0 Å². The Morgan fingerprint density at radius 1 is 1.33 bits per heavy atom. The van der Waals surface area contributed by atoms with Crippen molar-refractivity contribution < 1.29 is 4.39 Å². The van der Waals surface area contributed by atoms with E-state index < -0.39 is 0 Å². The second-order valence-electron chi connectivity index (χ2n) is 5.16. The number of hydrogen-bond acceptors (Lipinski definition) is 2. The number of hydrogen-bond donors (Lipinski definition) is 1. The SMILES string of the molecule is CCC1CN(c2ccc(C)c(F)c2)C(CC)CN1. The van der Waals surface area contributed by atoms with Crippen molar-refractivity contribution in [1.29, 1.82) is 0 Å². The van der Waals surface area contributed by atoms with Crippen LogP contribution in [0.1, 0.15) is 32.3 Å². The molecule has 1 N–H and O–H groups in total. The van der Waals surface area contributed by atoms with E-state index in [0.717, 1.165) is 31.6 Å². The number of anilines is 1. The number of halogens is 1. The zero-order valence-corrected chi connectivity index (χ0v) is 11.5. The molecule has 2 nitrogen and oxygen atoms in total. The molecule has 1 saturated heterocycles. The quantitative estimate of drug-likeness (QED) is 0.886. The molecule has 1 fully saturated rings. The molecule has 1 aliphatic rings. The lowest BCUT2D eigenvalue weighted by atomic mass is 10.0. The fraction of sp³-hybridized carbons (Fsp3) is 0.600. The highest BCUT2D eigenvalue weighted by molar-refractivity contribution is 5.50. The van der Waals surface area contributed by atoms with Crippen LogP contribution in [-0.4, -0.2) is 25.2 Å². The Balaban J connectivity index is 2.23. The Bertz CT molecular complexity index is 405. The van der Waals surface area contributed by atoms with E-state index >= 15 is 0 Å². The Kier molecular flexibility index (Phi) is 4.23. The first-order valence-corrected chi connectivity index (χ1v) is 6.91. The van der Waals surface area contributed by atoms with Gasteiger partial charge in [-0.15, -0.1) is 0 Å². The van der Waals surface area contributed by atoms with Gasteiger partial charge in [0.25, 0.3) is 0 Å². The maximum atomic E-state index is 13.7. The molecular weight excluding hydrogens is 227 g/mol. The molecule has 2 rings (SSSR count). The predicted octanol–water partition coefficient (Wildman–Crippen LogP) is 3.10. The van der Waals surface area contributed by atoms with Crippen LogP contribution < -0.4 is 10.2 Å². The van der Waals surface area contributed by atoms with Gasteiger partial charge < -0.3 is 10.2 Å². The van der Waals surface area contributed by atoms with Crippen LogP contribution in [0.25, 0.3) is 0 Å². The average molecular weight is 250 g/mol. The van der Waals surface area contributed by atoms with Gasteiger partial charge in [0.2, 0.25) is 0 Å². The summed E-state index contributed by atoms with van der Waals surface area (Å²) in [7, 11) is 0. The molecule has 100 valence electrons. The first-order chi connectivity index (χ1) is 8.65. The molecule has 1 aromatic rings. The van der Waals surface area contributed by atoms with Crippen LogP contribution in [0.3, 0.4) is 0 Å². The second kappa shape index (κ2) is 5.70. The fourth-order valence-corrected chi connectivity index (χ4v) is 2.58. The monoisotopic (exact) mass is 250 g/mol. The lowest BCUT2D eigenvalue weighted by Crippen LogP contribution is -2.56. The van der Waals surface area contributed by atoms with Crippen molar-refractivity contribution in [2.45, 2.75) is 45.7 Å². The van der Waals surface area contributed by atoms with Crippen molar-refractivity contribution in [3.63, 3.8) is 0 Å². The van der Waals surface area contributed by atoms with E-state index in [4.69, 9.17) is 0 Å². The number of benzene rings is 1. The zero-order chi connectivity index (χ0) is 13.1. The first kappa shape index (κ1) is 13.3. The third-order valence-electron chi connectivity index (χ3n) is 3.95. The normalized spacial score (nSPS) is 24.3. The summed E-state index contributed by atoms with van der Waals surface area (Å²) >= 11 is 0. The number of rotatable bonds is 3. The molecular formula is C15H23FN2. The van der Waals surface area contributed by atoms with Gasteiger partial charge in [-0.25, -0.2) is 4.39 Å². The molecule has 18 heavy (non-hydrogen) atoms. The van der Waals surface area contributed by atoms with Gasteiger partial charge in [-0.2, -0.15) is 0 Å². The summed E-state index contributed by atoms with van der Waals surface area (Å²) in [6, 6.07) is 6.57. The number of piperazine rings is 1. The molecule has 3 heteroatoms. The van der Waals surface area contributed by atoms with Crippen molar-refractivity contribution >= 4 is 5.69 Å².